The summed E-state index contributed by atoms with van der Waals surface area (Å²) in [4.78, 5) is 17.5. The Kier molecular flexibility index (Phi) is 4.96. The number of aromatic nitrogens is 1. The lowest BCUT2D eigenvalue weighted by Gasteiger charge is -2.34. The number of aryl methyl sites for hydroxylation is 2. The van der Waals surface area contributed by atoms with Crippen molar-refractivity contribution in [2.24, 2.45) is 0 Å². The second-order valence-corrected chi connectivity index (χ2v) is 8.39. The molecule has 0 radical (unpaired) electrons. The number of rotatable bonds is 4. The summed E-state index contributed by atoms with van der Waals surface area (Å²) >= 11 is 0. The summed E-state index contributed by atoms with van der Waals surface area (Å²) in [7, 11) is -3.37. The monoisotopic (exact) mass is 361 g/mol. The third-order valence-corrected chi connectivity index (χ3v) is 6.34. The minimum Gasteiger partial charge on any atom is -0.362 e. The maximum Gasteiger partial charge on any atom is 0.255 e. The molecule has 0 atom stereocenters. The van der Waals surface area contributed by atoms with Crippen molar-refractivity contribution in [1.82, 2.24) is 14.2 Å². The van der Waals surface area contributed by atoms with Crippen LogP contribution in [0.4, 0.5) is 0 Å². The van der Waals surface area contributed by atoms with E-state index < -0.39 is 10.0 Å². The third kappa shape index (κ3) is 3.93. The quantitative estimate of drug-likeness (QED) is 0.904. The molecule has 0 bridgehead atoms. The molecule has 2 heterocycles. The Morgan fingerprint density at radius 2 is 1.72 bits per heavy atom. The number of benzene rings is 1. The first-order valence-corrected chi connectivity index (χ1v) is 9.95. The van der Waals surface area contributed by atoms with Gasteiger partial charge >= 0.3 is 0 Å². The summed E-state index contributed by atoms with van der Waals surface area (Å²) in [6.07, 6.45) is 0. The number of H-pyrrole nitrogens is 1. The van der Waals surface area contributed by atoms with Crippen LogP contribution < -0.4 is 0 Å². The van der Waals surface area contributed by atoms with Gasteiger partial charge in [-0.05, 0) is 25.5 Å². The smallest absolute Gasteiger partial charge is 0.255 e. The van der Waals surface area contributed by atoms with E-state index in [2.05, 4.69) is 4.98 Å². The molecule has 0 spiro atoms. The van der Waals surface area contributed by atoms with E-state index in [1.807, 2.05) is 50.2 Å². The molecule has 1 aliphatic rings. The Balaban J connectivity index is 1.63. The summed E-state index contributed by atoms with van der Waals surface area (Å²) in [6.45, 7) is 5.29. The molecule has 1 N–H and O–H groups in total. The second kappa shape index (κ2) is 7.01. The Morgan fingerprint density at radius 1 is 1.08 bits per heavy atom. The number of hydrogen-bond donors (Lipinski definition) is 1. The summed E-state index contributed by atoms with van der Waals surface area (Å²) in [5, 5.41) is 0. The molecule has 1 fully saturated rings. The van der Waals surface area contributed by atoms with Crippen LogP contribution in [0.1, 0.15) is 27.3 Å². The summed E-state index contributed by atoms with van der Waals surface area (Å²) in [5.41, 5.74) is 3.24. The summed E-state index contributed by atoms with van der Waals surface area (Å²) < 4.78 is 26.6. The number of carbonyl (C=O) groups is 1. The molecule has 7 heteroatoms. The van der Waals surface area contributed by atoms with Gasteiger partial charge in [0.25, 0.3) is 5.91 Å². The van der Waals surface area contributed by atoms with Crippen LogP contribution in [0.2, 0.25) is 0 Å². The van der Waals surface area contributed by atoms with Crippen molar-refractivity contribution in [2.75, 3.05) is 26.2 Å². The Labute approximate surface area is 148 Å². The molecular formula is C18H23N3O3S. The highest BCUT2D eigenvalue weighted by Gasteiger charge is 2.30. The second-order valence-electron chi connectivity index (χ2n) is 6.42. The van der Waals surface area contributed by atoms with Crippen molar-refractivity contribution in [3.63, 3.8) is 0 Å². The minimum atomic E-state index is -3.37. The van der Waals surface area contributed by atoms with Crippen molar-refractivity contribution >= 4 is 15.9 Å². The zero-order chi connectivity index (χ0) is 18.0. The van der Waals surface area contributed by atoms with Gasteiger partial charge in [-0.25, -0.2) is 8.42 Å². The van der Waals surface area contributed by atoms with Crippen LogP contribution in [0.25, 0.3) is 0 Å². The molecule has 25 heavy (non-hydrogen) atoms. The fraction of sp³-hybridized carbons (Fsp3) is 0.389. The fourth-order valence-corrected chi connectivity index (χ4v) is 4.68. The van der Waals surface area contributed by atoms with Crippen LogP contribution in [0.5, 0.6) is 0 Å². The summed E-state index contributed by atoms with van der Waals surface area (Å²) in [6, 6.07) is 11.0. The molecule has 2 aromatic rings. The number of carbonyl (C=O) groups excluding carboxylic acids is 1. The average molecular weight is 361 g/mol. The highest BCUT2D eigenvalue weighted by Crippen LogP contribution is 2.17. The highest BCUT2D eigenvalue weighted by molar-refractivity contribution is 7.88. The predicted octanol–water partition coefficient (Wildman–Crippen LogP) is 1.92. The Hall–Kier alpha value is -2.12. The van der Waals surface area contributed by atoms with Crippen molar-refractivity contribution in [3.05, 3.63) is 58.9 Å². The first-order valence-electron chi connectivity index (χ1n) is 8.34. The van der Waals surface area contributed by atoms with E-state index in [1.54, 1.807) is 4.90 Å². The standard InChI is InChI=1S/C18H23N3O3S/c1-14-12-17(15(2)19-14)18(22)20-8-10-21(11-9-20)25(23,24)13-16-6-4-3-5-7-16/h3-7,12,19H,8-11,13H2,1-2H3. The van der Waals surface area contributed by atoms with Gasteiger partial charge in [0.05, 0.1) is 11.3 Å². The van der Waals surface area contributed by atoms with Crippen LogP contribution in [0.3, 0.4) is 0 Å². The van der Waals surface area contributed by atoms with Crippen LogP contribution in [-0.2, 0) is 15.8 Å². The zero-order valence-electron chi connectivity index (χ0n) is 14.5. The third-order valence-electron chi connectivity index (χ3n) is 4.49. The molecule has 0 aliphatic carbocycles. The first-order chi connectivity index (χ1) is 11.9. The van der Waals surface area contributed by atoms with Gasteiger partial charge in [0.15, 0.2) is 0 Å². The number of aromatic amines is 1. The average Bonchev–Trinajstić information content (AvgIpc) is 2.93. The molecule has 0 saturated carbocycles. The van der Waals surface area contributed by atoms with Crippen LogP contribution in [0.15, 0.2) is 36.4 Å². The van der Waals surface area contributed by atoms with Crippen LogP contribution >= 0.6 is 0 Å². The normalized spacial score (nSPS) is 16.2. The van der Waals surface area contributed by atoms with Crippen molar-refractivity contribution in [3.8, 4) is 0 Å². The first kappa shape index (κ1) is 17.7. The largest absolute Gasteiger partial charge is 0.362 e. The van der Waals surface area contributed by atoms with Gasteiger partial charge in [-0.2, -0.15) is 4.31 Å². The molecule has 1 aliphatic heterocycles. The number of hydrogen-bond acceptors (Lipinski definition) is 3. The number of sulfonamides is 1. The maximum absolute atomic E-state index is 12.6. The molecule has 1 aromatic carbocycles. The molecule has 6 nitrogen and oxygen atoms in total. The van der Waals surface area contributed by atoms with Crippen LogP contribution in [-0.4, -0.2) is 54.7 Å². The number of nitrogens with zero attached hydrogens (tertiary/aromatic N) is 2. The number of amides is 1. The molecule has 1 saturated heterocycles. The molecule has 3 rings (SSSR count). The Morgan fingerprint density at radius 3 is 2.28 bits per heavy atom. The van der Waals surface area contributed by atoms with Gasteiger partial charge in [0.2, 0.25) is 10.0 Å². The SMILES string of the molecule is Cc1cc(C(=O)N2CCN(S(=O)(=O)Cc3ccccc3)CC2)c(C)[nH]1. The molecule has 134 valence electrons. The molecule has 1 aromatic heterocycles. The predicted molar refractivity (Wildman–Crippen MR) is 96.8 cm³/mol. The van der Waals surface area contributed by atoms with Crippen LogP contribution in [0, 0.1) is 13.8 Å². The fourth-order valence-electron chi connectivity index (χ4n) is 3.16. The van der Waals surface area contributed by atoms with Gasteiger partial charge in [0, 0.05) is 37.6 Å². The van der Waals surface area contributed by atoms with Crippen molar-refractivity contribution in [1.29, 1.82) is 0 Å². The zero-order valence-corrected chi connectivity index (χ0v) is 15.3. The van der Waals surface area contributed by atoms with E-state index in [0.717, 1.165) is 17.0 Å². The van der Waals surface area contributed by atoms with E-state index in [1.165, 1.54) is 4.31 Å². The van der Waals surface area contributed by atoms with Crippen molar-refractivity contribution in [2.45, 2.75) is 19.6 Å². The van der Waals surface area contributed by atoms with Gasteiger partial charge in [-0.3, -0.25) is 4.79 Å². The van der Waals surface area contributed by atoms with Gasteiger partial charge in [-0.1, -0.05) is 30.3 Å². The maximum atomic E-state index is 12.6. The van der Waals surface area contributed by atoms with E-state index >= 15 is 0 Å². The lowest BCUT2D eigenvalue weighted by atomic mass is 10.2. The highest BCUT2D eigenvalue weighted by atomic mass is 32.2. The van der Waals surface area contributed by atoms with E-state index in [9.17, 15) is 13.2 Å². The minimum absolute atomic E-state index is 0.00208. The lowest BCUT2D eigenvalue weighted by Crippen LogP contribution is -2.50. The van der Waals surface area contributed by atoms with Gasteiger partial charge in [-0.15, -0.1) is 0 Å². The Bertz CT molecular complexity index is 851. The number of nitrogens with one attached hydrogen (secondary N) is 1. The van der Waals surface area contributed by atoms with E-state index in [0.29, 0.717) is 31.7 Å². The van der Waals surface area contributed by atoms with Gasteiger partial charge < -0.3 is 9.88 Å². The van der Waals surface area contributed by atoms with Gasteiger partial charge in [0.1, 0.15) is 0 Å². The van der Waals surface area contributed by atoms with E-state index in [4.69, 9.17) is 0 Å². The molecular weight excluding hydrogens is 338 g/mol. The molecule has 1 amide bonds. The van der Waals surface area contributed by atoms with Crippen molar-refractivity contribution < 1.29 is 13.2 Å². The topological polar surface area (TPSA) is 73.5 Å². The summed E-state index contributed by atoms with van der Waals surface area (Å²) in [5.74, 6) is -0.0419. The number of piperazine rings is 1. The lowest BCUT2D eigenvalue weighted by molar-refractivity contribution is 0.0697. The van der Waals surface area contributed by atoms with E-state index in [-0.39, 0.29) is 11.7 Å². The molecule has 0 unspecified atom stereocenters.